The molecule has 1 aliphatic rings. The minimum atomic E-state index is -4.63. The Kier molecular flexibility index (Phi) is 5.65. The highest BCUT2D eigenvalue weighted by atomic mass is 19.4. The van der Waals surface area contributed by atoms with Gasteiger partial charge in [0.05, 0.1) is 30.5 Å². The summed E-state index contributed by atoms with van der Waals surface area (Å²) in [6.45, 7) is 6.08. The maximum Gasteiger partial charge on any atom is 0.416 e. The standard InChI is InChI=1S/C21H21F4N5O/c1-12(14-7-15(21(23,24)25)9-16(22)8-14)27-20-17-10-19(30-3-5-31-6-4-30)26-11-18(17)13(2)28-29-20/h7-12H,3-6H2,1-2H3,(H,27,29). The Morgan fingerprint density at radius 3 is 2.52 bits per heavy atom. The number of hydrogen-bond acceptors (Lipinski definition) is 6. The summed E-state index contributed by atoms with van der Waals surface area (Å²) in [5, 5.41) is 12.9. The van der Waals surface area contributed by atoms with Gasteiger partial charge in [-0.25, -0.2) is 9.37 Å². The molecule has 1 saturated heterocycles. The van der Waals surface area contributed by atoms with Crippen molar-refractivity contribution in [2.45, 2.75) is 26.1 Å². The van der Waals surface area contributed by atoms with E-state index in [1.165, 1.54) is 0 Å². The van der Waals surface area contributed by atoms with E-state index in [-0.39, 0.29) is 5.56 Å². The van der Waals surface area contributed by atoms with Gasteiger partial charge < -0.3 is 15.0 Å². The van der Waals surface area contributed by atoms with Crippen molar-refractivity contribution in [1.29, 1.82) is 0 Å². The zero-order valence-electron chi connectivity index (χ0n) is 17.0. The van der Waals surface area contributed by atoms with Crippen LogP contribution in [0.4, 0.5) is 29.2 Å². The molecular weight excluding hydrogens is 414 g/mol. The number of hydrogen-bond donors (Lipinski definition) is 1. The van der Waals surface area contributed by atoms with Crippen molar-refractivity contribution < 1.29 is 22.3 Å². The van der Waals surface area contributed by atoms with Gasteiger partial charge >= 0.3 is 6.18 Å². The summed E-state index contributed by atoms with van der Waals surface area (Å²) in [5.74, 6) is 0.198. The quantitative estimate of drug-likeness (QED) is 0.609. The Morgan fingerprint density at radius 2 is 1.81 bits per heavy atom. The van der Waals surface area contributed by atoms with Crippen molar-refractivity contribution in [1.82, 2.24) is 15.2 Å². The molecule has 1 N–H and O–H groups in total. The Labute approximate surface area is 176 Å². The number of nitrogens with zero attached hydrogens (tertiary/aromatic N) is 4. The lowest BCUT2D eigenvalue weighted by Crippen LogP contribution is -2.36. The molecule has 1 atom stereocenters. The van der Waals surface area contributed by atoms with Crippen molar-refractivity contribution in [3.63, 3.8) is 0 Å². The molecule has 4 rings (SSSR count). The highest BCUT2D eigenvalue weighted by Crippen LogP contribution is 2.33. The lowest BCUT2D eigenvalue weighted by molar-refractivity contribution is -0.137. The molecule has 3 aromatic rings. The monoisotopic (exact) mass is 435 g/mol. The first-order valence-corrected chi connectivity index (χ1v) is 9.82. The Bertz CT molecular complexity index is 1100. The summed E-state index contributed by atoms with van der Waals surface area (Å²) in [5.41, 5.74) is -0.195. The average molecular weight is 435 g/mol. The number of rotatable bonds is 4. The summed E-state index contributed by atoms with van der Waals surface area (Å²) in [6.07, 6.45) is -2.92. The van der Waals surface area contributed by atoms with Crippen LogP contribution < -0.4 is 10.2 Å². The van der Waals surface area contributed by atoms with E-state index < -0.39 is 23.6 Å². The first kappa shape index (κ1) is 21.2. The molecule has 1 aliphatic heterocycles. The second-order valence-corrected chi connectivity index (χ2v) is 7.46. The van der Waals surface area contributed by atoms with Gasteiger partial charge in [0.25, 0.3) is 0 Å². The second kappa shape index (κ2) is 8.26. The predicted molar refractivity (Wildman–Crippen MR) is 109 cm³/mol. The van der Waals surface area contributed by atoms with E-state index in [0.29, 0.717) is 43.9 Å². The molecule has 3 heterocycles. The number of nitrogens with one attached hydrogen (secondary N) is 1. The summed E-state index contributed by atoms with van der Waals surface area (Å²) in [7, 11) is 0. The molecule has 2 aromatic heterocycles. The maximum absolute atomic E-state index is 13.8. The average Bonchev–Trinajstić information content (AvgIpc) is 2.75. The van der Waals surface area contributed by atoms with Crippen LogP contribution in [0.1, 0.15) is 29.8 Å². The highest BCUT2D eigenvalue weighted by molar-refractivity contribution is 5.94. The van der Waals surface area contributed by atoms with Crippen molar-refractivity contribution in [2.24, 2.45) is 0 Å². The van der Waals surface area contributed by atoms with E-state index in [9.17, 15) is 17.6 Å². The van der Waals surface area contributed by atoms with Crippen LogP contribution in [0.25, 0.3) is 10.8 Å². The number of morpholine rings is 1. The van der Waals surface area contributed by atoms with Gasteiger partial charge in [-0.15, -0.1) is 5.10 Å². The smallest absolute Gasteiger partial charge is 0.378 e. The molecule has 0 radical (unpaired) electrons. The molecule has 1 fully saturated rings. The SMILES string of the molecule is Cc1nnc(NC(C)c2cc(F)cc(C(F)(F)F)c2)c2cc(N3CCOCC3)ncc12. The molecular formula is C21H21F4N5O. The van der Waals surface area contributed by atoms with Crippen LogP contribution in [0.15, 0.2) is 30.5 Å². The molecule has 1 aromatic carbocycles. The molecule has 0 amide bonds. The van der Waals surface area contributed by atoms with Gasteiger partial charge in [0.1, 0.15) is 11.6 Å². The lowest BCUT2D eigenvalue weighted by Gasteiger charge is -2.28. The molecule has 0 saturated carbocycles. The Balaban J connectivity index is 1.69. The number of aryl methyl sites for hydroxylation is 1. The van der Waals surface area contributed by atoms with Crippen LogP contribution in [0.5, 0.6) is 0 Å². The van der Waals surface area contributed by atoms with Crippen LogP contribution >= 0.6 is 0 Å². The summed E-state index contributed by atoms with van der Waals surface area (Å²) in [6, 6.07) is 3.74. The van der Waals surface area contributed by atoms with E-state index in [1.54, 1.807) is 20.0 Å². The third kappa shape index (κ3) is 4.53. The van der Waals surface area contributed by atoms with Crippen molar-refractivity contribution in [3.05, 3.63) is 53.1 Å². The molecule has 164 valence electrons. The fourth-order valence-corrected chi connectivity index (χ4v) is 3.55. The van der Waals surface area contributed by atoms with Crippen molar-refractivity contribution >= 4 is 22.4 Å². The first-order valence-electron chi connectivity index (χ1n) is 9.82. The number of benzene rings is 1. The third-order valence-electron chi connectivity index (χ3n) is 5.27. The van der Waals surface area contributed by atoms with Gasteiger partial charge in [-0.1, -0.05) is 0 Å². The van der Waals surface area contributed by atoms with Crippen molar-refractivity contribution in [2.75, 3.05) is 36.5 Å². The number of fused-ring (bicyclic) bond motifs is 1. The molecule has 31 heavy (non-hydrogen) atoms. The molecule has 0 spiro atoms. The number of ether oxygens (including phenoxy) is 1. The Hall–Kier alpha value is -3.01. The largest absolute Gasteiger partial charge is 0.416 e. The highest BCUT2D eigenvalue weighted by Gasteiger charge is 2.32. The summed E-state index contributed by atoms with van der Waals surface area (Å²) >= 11 is 0. The predicted octanol–water partition coefficient (Wildman–Crippen LogP) is 4.50. The van der Waals surface area contributed by atoms with Crippen LogP contribution in [-0.4, -0.2) is 41.5 Å². The second-order valence-electron chi connectivity index (χ2n) is 7.46. The lowest BCUT2D eigenvalue weighted by atomic mass is 10.0. The number of pyridine rings is 1. The van der Waals surface area contributed by atoms with Gasteiger partial charge in [-0.2, -0.15) is 18.3 Å². The van der Waals surface area contributed by atoms with Crippen LogP contribution in [0.3, 0.4) is 0 Å². The van der Waals surface area contributed by atoms with E-state index in [4.69, 9.17) is 4.74 Å². The van der Waals surface area contributed by atoms with Crippen LogP contribution in [0.2, 0.25) is 0 Å². The number of anilines is 2. The van der Waals surface area contributed by atoms with Gasteiger partial charge in [0.15, 0.2) is 5.82 Å². The molecule has 1 unspecified atom stereocenters. The number of aromatic nitrogens is 3. The van der Waals surface area contributed by atoms with E-state index in [2.05, 4.69) is 25.4 Å². The van der Waals surface area contributed by atoms with Gasteiger partial charge in [-0.05, 0) is 43.7 Å². The zero-order valence-corrected chi connectivity index (χ0v) is 17.0. The van der Waals surface area contributed by atoms with Crippen LogP contribution in [0, 0.1) is 12.7 Å². The van der Waals surface area contributed by atoms with Gasteiger partial charge in [0.2, 0.25) is 0 Å². The van der Waals surface area contributed by atoms with Gasteiger partial charge in [0, 0.05) is 30.1 Å². The maximum atomic E-state index is 13.8. The summed E-state index contributed by atoms with van der Waals surface area (Å²) < 4.78 is 58.5. The minimum absolute atomic E-state index is 0.158. The van der Waals surface area contributed by atoms with E-state index >= 15 is 0 Å². The molecule has 10 heteroatoms. The minimum Gasteiger partial charge on any atom is -0.378 e. The van der Waals surface area contributed by atoms with E-state index in [0.717, 1.165) is 28.7 Å². The first-order chi connectivity index (χ1) is 14.7. The van der Waals surface area contributed by atoms with Crippen molar-refractivity contribution in [3.8, 4) is 0 Å². The molecule has 0 aliphatic carbocycles. The van der Waals surface area contributed by atoms with Gasteiger partial charge in [-0.3, -0.25) is 0 Å². The molecule has 0 bridgehead atoms. The van der Waals surface area contributed by atoms with E-state index in [1.807, 2.05) is 6.07 Å². The normalized spacial score (nSPS) is 15.9. The summed E-state index contributed by atoms with van der Waals surface area (Å²) in [4.78, 5) is 6.61. The zero-order chi connectivity index (χ0) is 22.2. The third-order valence-corrected chi connectivity index (χ3v) is 5.27. The Morgan fingerprint density at radius 1 is 1.06 bits per heavy atom. The number of alkyl halides is 3. The van der Waals surface area contributed by atoms with Crippen LogP contribution in [-0.2, 0) is 10.9 Å². The number of halogens is 4. The topological polar surface area (TPSA) is 63.2 Å². The fourth-order valence-electron chi connectivity index (χ4n) is 3.55. The fraction of sp³-hybridized carbons (Fsp3) is 0.381. The molecule has 6 nitrogen and oxygen atoms in total.